The van der Waals surface area contributed by atoms with Gasteiger partial charge in [0.15, 0.2) is 6.10 Å². The summed E-state index contributed by atoms with van der Waals surface area (Å²) < 4.78 is 10.8. The smallest absolute Gasteiger partial charge is 0.340 e. The molecule has 7 heteroatoms. The van der Waals surface area contributed by atoms with Gasteiger partial charge in [0, 0.05) is 16.9 Å². The first kappa shape index (κ1) is 15.2. The lowest BCUT2D eigenvalue weighted by Gasteiger charge is -2.12. The van der Waals surface area contributed by atoms with E-state index in [-0.39, 0.29) is 12.1 Å². The summed E-state index contributed by atoms with van der Waals surface area (Å²) >= 11 is 3.21. The molecule has 2 rings (SSSR count). The van der Waals surface area contributed by atoms with Gasteiger partial charge in [-0.05, 0) is 41.1 Å². The number of nitrogens with one attached hydrogen (secondary N) is 1. The number of hydrogen-bond donors (Lipinski definition) is 1. The molecule has 2 aromatic rings. The van der Waals surface area contributed by atoms with Gasteiger partial charge < -0.3 is 14.5 Å². The van der Waals surface area contributed by atoms with E-state index < -0.39 is 18.0 Å². The van der Waals surface area contributed by atoms with Crippen LogP contribution in [0.4, 0.5) is 0 Å². The van der Waals surface area contributed by atoms with Gasteiger partial charge in [-0.1, -0.05) is 0 Å². The van der Waals surface area contributed by atoms with E-state index in [1.165, 1.54) is 19.4 Å². The van der Waals surface area contributed by atoms with Crippen LogP contribution in [0.2, 0.25) is 0 Å². The van der Waals surface area contributed by atoms with Gasteiger partial charge in [-0.15, -0.1) is 0 Å². The Morgan fingerprint density at radius 3 is 2.95 bits per heavy atom. The molecular formula is C14H13BrN2O4. The zero-order valence-electron chi connectivity index (χ0n) is 11.2. The van der Waals surface area contributed by atoms with Crippen LogP contribution in [0.5, 0.6) is 0 Å². The lowest BCUT2D eigenvalue weighted by molar-refractivity contribution is -0.129. The first-order valence-electron chi connectivity index (χ1n) is 6.18. The maximum Gasteiger partial charge on any atom is 0.340 e. The summed E-state index contributed by atoms with van der Waals surface area (Å²) in [5, 5.41) is 2.62. The van der Waals surface area contributed by atoms with Crippen molar-refractivity contribution in [3.05, 3.63) is 52.7 Å². The van der Waals surface area contributed by atoms with Gasteiger partial charge in [0.1, 0.15) is 5.76 Å². The van der Waals surface area contributed by atoms with Crippen molar-refractivity contribution in [3.63, 3.8) is 0 Å². The lowest BCUT2D eigenvalue weighted by atomic mass is 10.3. The largest absolute Gasteiger partial charge is 0.467 e. The summed E-state index contributed by atoms with van der Waals surface area (Å²) in [5.74, 6) is -0.384. The van der Waals surface area contributed by atoms with Crippen LogP contribution in [0, 0.1) is 0 Å². The molecule has 1 atom stereocenters. The molecule has 2 aromatic heterocycles. The number of furan rings is 1. The summed E-state index contributed by atoms with van der Waals surface area (Å²) in [5.41, 5.74) is 0.273. The third-order valence-corrected chi connectivity index (χ3v) is 3.04. The highest BCUT2D eigenvalue weighted by molar-refractivity contribution is 9.10. The number of aromatic nitrogens is 1. The number of halogens is 1. The summed E-state index contributed by atoms with van der Waals surface area (Å²) in [7, 11) is 0. The summed E-state index contributed by atoms with van der Waals surface area (Å²) in [6, 6.07) is 5.04. The molecule has 1 N–H and O–H groups in total. The molecule has 0 aliphatic rings. The van der Waals surface area contributed by atoms with Gasteiger partial charge in [0.05, 0.1) is 18.4 Å². The number of nitrogens with zero attached hydrogens (tertiary/aromatic N) is 1. The van der Waals surface area contributed by atoms with Crippen molar-refractivity contribution >= 4 is 27.8 Å². The van der Waals surface area contributed by atoms with Crippen LogP contribution in [-0.2, 0) is 16.1 Å². The van der Waals surface area contributed by atoms with Crippen LogP contribution in [-0.4, -0.2) is 23.0 Å². The second kappa shape index (κ2) is 7.03. The minimum absolute atomic E-state index is 0.242. The van der Waals surface area contributed by atoms with Gasteiger partial charge in [-0.3, -0.25) is 9.78 Å². The highest BCUT2D eigenvalue weighted by Crippen LogP contribution is 2.11. The number of rotatable bonds is 5. The Morgan fingerprint density at radius 1 is 1.48 bits per heavy atom. The monoisotopic (exact) mass is 352 g/mol. The molecule has 6 nitrogen and oxygen atoms in total. The van der Waals surface area contributed by atoms with E-state index in [1.54, 1.807) is 24.4 Å². The van der Waals surface area contributed by atoms with Gasteiger partial charge in [0.2, 0.25) is 0 Å². The van der Waals surface area contributed by atoms with Crippen LogP contribution < -0.4 is 5.32 Å². The third-order valence-electron chi connectivity index (χ3n) is 2.61. The fourth-order valence-electron chi connectivity index (χ4n) is 1.54. The molecule has 0 saturated heterocycles. The molecule has 0 aliphatic carbocycles. The van der Waals surface area contributed by atoms with Crippen LogP contribution in [0.25, 0.3) is 0 Å². The zero-order valence-corrected chi connectivity index (χ0v) is 12.8. The standard InChI is InChI=1S/C14H13BrN2O4/c1-9(13(18)17-8-12-3-2-4-20-12)21-14(19)10-5-11(15)7-16-6-10/h2-7,9H,8H2,1H3,(H,17,18)/t9-/m1/s1. The van der Waals surface area contributed by atoms with E-state index in [2.05, 4.69) is 26.2 Å². The molecule has 0 saturated carbocycles. The predicted molar refractivity (Wildman–Crippen MR) is 77.4 cm³/mol. The van der Waals surface area contributed by atoms with Crippen LogP contribution >= 0.6 is 15.9 Å². The zero-order chi connectivity index (χ0) is 15.2. The van der Waals surface area contributed by atoms with Crippen molar-refractivity contribution in [2.24, 2.45) is 0 Å². The molecule has 110 valence electrons. The molecule has 1 amide bonds. The quantitative estimate of drug-likeness (QED) is 0.835. The second-order valence-electron chi connectivity index (χ2n) is 4.24. The van der Waals surface area contributed by atoms with E-state index >= 15 is 0 Å². The van der Waals surface area contributed by atoms with Crippen molar-refractivity contribution in [2.45, 2.75) is 19.6 Å². The Hall–Kier alpha value is -2.15. The Balaban J connectivity index is 1.86. The Morgan fingerprint density at radius 2 is 2.29 bits per heavy atom. The number of amides is 1. The van der Waals surface area contributed by atoms with Crippen LogP contribution in [0.1, 0.15) is 23.0 Å². The minimum atomic E-state index is -0.911. The second-order valence-corrected chi connectivity index (χ2v) is 5.15. The van der Waals surface area contributed by atoms with Crippen molar-refractivity contribution in [3.8, 4) is 0 Å². The SMILES string of the molecule is C[C@@H](OC(=O)c1cncc(Br)c1)C(=O)NCc1ccco1. The highest BCUT2D eigenvalue weighted by atomic mass is 79.9. The number of ether oxygens (including phenoxy) is 1. The average Bonchev–Trinajstić information content (AvgIpc) is 2.97. The van der Waals surface area contributed by atoms with Crippen molar-refractivity contribution in [1.29, 1.82) is 0 Å². The molecule has 0 radical (unpaired) electrons. The van der Waals surface area contributed by atoms with Crippen molar-refractivity contribution in [2.75, 3.05) is 0 Å². The highest BCUT2D eigenvalue weighted by Gasteiger charge is 2.19. The Kier molecular flexibility index (Phi) is 5.10. The number of esters is 1. The molecule has 0 aromatic carbocycles. The van der Waals surface area contributed by atoms with E-state index in [1.807, 2.05) is 0 Å². The average molecular weight is 353 g/mol. The molecular weight excluding hydrogens is 340 g/mol. The molecule has 0 bridgehead atoms. The maximum absolute atomic E-state index is 11.9. The Labute approximate surface area is 129 Å². The number of carbonyl (C=O) groups is 2. The fraction of sp³-hybridized carbons (Fsp3) is 0.214. The normalized spacial score (nSPS) is 11.7. The van der Waals surface area contributed by atoms with E-state index in [4.69, 9.17) is 9.15 Å². The number of carbonyl (C=O) groups excluding carboxylic acids is 2. The fourth-order valence-corrected chi connectivity index (χ4v) is 1.90. The molecule has 0 fully saturated rings. The van der Waals surface area contributed by atoms with Crippen molar-refractivity contribution in [1.82, 2.24) is 10.3 Å². The van der Waals surface area contributed by atoms with Gasteiger partial charge >= 0.3 is 5.97 Å². The molecule has 2 heterocycles. The summed E-state index contributed by atoms with van der Waals surface area (Å²) in [6.07, 6.45) is 3.54. The van der Waals surface area contributed by atoms with Crippen LogP contribution in [0.3, 0.4) is 0 Å². The lowest BCUT2D eigenvalue weighted by Crippen LogP contribution is -2.35. The number of pyridine rings is 1. The van der Waals surface area contributed by atoms with E-state index in [9.17, 15) is 9.59 Å². The van der Waals surface area contributed by atoms with Gasteiger partial charge in [-0.2, -0.15) is 0 Å². The summed E-state index contributed by atoms with van der Waals surface area (Å²) in [4.78, 5) is 27.5. The van der Waals surface area contributed by atoms with E-state index in [0.29, 0.717) is 10.2 Å². The molecule has 21 heavy (non-hydrogen) atoms. The first-order chi connectivity index (χ1) is 10.1. The molecule has 0 spiro atoms. The van der Waals surface area contributed by atoms with E-state index in [0.717, 1.165) is 0 Å². The third kappa shape index (κ3) is 4.42. The van der Waals surface area contributed by atoms with Gasteiger partial charge in [-0.25, -0.2) is 4.79 Å². The Bertz CT molecular complexity index is 628. The predicted octanol–water partition coefficient (Wildman–Crippen LogP) is 2.30. The molecule has 0 aliphatic heterocycles. The first-order valence-corrected chi connectivity index (χ1v) is 6.97. The maximum atomic E-state index is 11.9. The number of hydrogen-bond acceptors (Lipinski definition) is 5. The summed E-state index contributed by atoms with van der Waals surface area (Å²) in [6.45, 7) is 1.74. The van der Waals surface area contributed by atoms with Crippen LogP contribution in [0.15, 0.2) is 45.7 Å². The molecule has 0 unspecified atom stereocenters. The topological polar surface area (TPSA) is 81.4 Å². The van der Waals surface area contributed by atoms with Gasteiger partial charge in [0.25, 0.3) is 5.91 Å². The minimum Gasteiger partial charge on any atom is -0.467 e. The van der Waals surface area contributed by atoms with Crippen molar-refractivity contribution < 1.29 is 18.7 Å².